The summed E-state index contributed by atoms with van der Waals surface area (Å²) in [5.74, 6) is 0. The highest BCUT2D eigenvalue weighted by Gasteiger charge is 2.09. The number of unbranched alkanes of at least 4 members (excludes halogenated alkanes) is 17. The smallest absolute Gasteiger partial charge is 0.0705 e. The summed E-state index contributed by atoms with van der Waals surface area (Å²) >= 11 is 9.31. The molecule has 0 spiro atoms. The van der Waals surface area contributed by atoms with Crippen LogP contribution in [0.4, 0.5) is 0 Å². The number of hydrogen-bond acceptors (Lipinski definition) is 3. The fourth-order valence-corrected chi connectivity index (χ4v) is 8.52. The Kier molecular flexibility index (Phi) is 15.7. The zero-order valence-electron chi connectivity index (χ0n) is 22.5. The Bertz CT molecular complexity index is 935. The van der Waals surface area contributed by atoms with E-state index in [0.29, 0.717) is 0 Å². The standard InChI is InChI=1S/C32H47BrS3/c1-2-3-4-5-6-7-8-9-10-11-12-13-14-15-16-17-18-19-20-27-21-22-28(34-27)29-23-24-30(35-29)31-25-26-32(33)36-31/h21-26H,2-20H2,1H3. The Morgan fingerprint density at radius 2 is 0.833 bits per heavy atom. The first-order valence-electron chi connectivity index (χ1n) is 14.7. The summed E-state index contributed by atoms with van der Waals surface area (Å²) in [7, 11) is 0. The van der Waals surface area contributed by atoms with Crippen molar-refractivity contribution in [2.24, 2.45) is 0 Å². The lowest BCUT2D eigenvalue weighted by Gasteiger charge is -2.04. The molecule has 3 aromatic heterocycles. The molecule has 3 rings (SSSR count). The summed E-state index contributed by atoms with van der Waals surface area (Å²) in [6, 6.07) is 13.6. The van der Waals surface area contributed by atoms with Gasteiger partial charge < -0.3 is 0 Å². The van der Waals surface area contributed by atoms with Gasteiger partial charge in [0.15, 0.2) is 0 Å². The molecule has 4 heteroatoms. The van der Waals surface area contributed by atoms with Crippen LogP contribution < -0.4 is 0 Å². The highest BCUT2D eigenvalue weighted by Crippen LogP contribution is 2.41. The molecule has 3 heterocycles. The van der Waals surface area contributed by atoms with Gasteiger partial charge in [0.05, 0.1) is 3.79 Å². The summed E-state index contributed by atoms with van der Waals surface area (Å²) in [6.45, 7) is 2.30. The molecule has 0 saturated carbocycles. The lowest BCUT2D eigenvalue weighted by atomic mass is 10.0. The minimum Gasteiger partial charge on any atom is -0.139 e. The van der Waals surface area contributed by atoms with Gasteiger partial charge in [-0.3, -0.25) is 0 Å². The fourth-order valence-electron chi connectivity index (χ4n) is 4.90. The van der Waals surface area contributed by atoms with Gasteiger partial charge in [0.25, 0.3) is 0 Å². The predicted octanol–water partition coefficient (Wildman–Crippen LogP) is 13.6. The van der Waals surface area contributed by atoms with Gasteiger partial charge in [0.2, 0.25) is 0 Å². The van der Waals surface area contributed by atoms with Crippen LogP contribution in [0.1, 0.15) is 127 Å². The van der Waals surface area contributed by atoms with Crippen LogP contribution in [0.25, 0.3) is 19.5 Å². The maximum Gasteiger partial charge on any atom is 0.0705 e. The lowest BCUT2D eigenvalue weighted by molar-refractivity contribution is 0.525. The molecule has 0 aliphatic rings. The fraction of sp³-hybridized carbons (Fsp3) is 0.625. The normalized spacial score (nSPS) is 11.5. The van der Waals surface area contributed by atoms with Crippen LogP contribution in [0.2, 0.25) is 0 Å². The van der Waals surface area contributed by atoms with Crippen LogP contribution in [-0.4, -0.2) is 0 Å². The van der Waals surface area contributed by atoms with Gasteiger partial charge in [-0.15, -0.1) is 34.0 Å². The molecule has 200 valence electrons. The van der Waals surface area contributed by atoms with Crippen LogP contribution in [0.5, 0.6) is 0 Å². The zero-order valence-corrected chi connectivity index (χ0v) is 26.5. The van der Waals surface area contributed by atoms with Crippen molar-refractivity contribution in [1.29, 1.82) is 0 Å². The van der Waals surface area contributed by atoms with Gasteiger partial charge in [-0.25, -0.2) is 0 Å². The van der Waals surface area contributed by atoms with Crippen LogP contribution in [0, 0.1) is 0 Å². The number of halogens is 1. The van der Waals surface area contributed by atoms with E-state index in [1.54, 1.807) is 4.88 Å². The Labute approximate surface area is 242 Å². The molecular weight excluding hydrogens is 560 g/mol. The summed E-state index contributed by atoms with van der Waals surface area (Å²) in [5, 5.41) is 0. The molecule has 0 radical (unpaired) electrons. The molecule has 0 fully saturated rings. The van der Waals surface area contributed by atoms with E-state index in [2.05, 4.69) is 59.3 Å². The molecule has 0 amide bonds. The van der Waals surface area contributed by atoms with Crippen molar-refractivity contribution < 1.29 is 0 Å². The van der Waals surface area contributed by atoms with Crippen molar-refractivity contribution in [3.63, 3.8) is 0 Å². The van der Waals surface area contributed by atoms with Crippen LogP contribution in [0.3, 0.4) is 0 Å². The van der Waals surface area contributed by atoms with E-state index in [9.17, 15) is 0 Å². The molecule has 0 atom stereocenters. The molecule has 0 nitrogen and oxygen atoms in total. The van der Waals surface area contributed by atoms with E-state index in [-0.39, 0.29) is 0 Å². The SMILES string of the molecule is CCCCCCCCCCCCCCCCCCCCc1ccc(-c2ccc(-c3ccc(Br)s3)s2)s1. The number of aryl methyl sites for hydroxylation is 1. The first-order valence-corrected chi connectivity index (χ1v) is 17.9. The Balaban J connectivity index is 1.13. The lowest BCUT2D eigenvalue weighted by Crippen LogP contribution is -1.85. The van der Waals surface area contributed by atoms with Crippen molar-refractivity contribution in [2.45, 2.75) is 129 Å². The zero-order chi connectivity index (χ0) is 25.3. The number of hydrogen-bond donors (Lipinski definition) is 0. The van der Waals surface area contributed by atoms with Gasteiger partial charge in [-0.1, -0.05) is 116 Å². The highest BCUT2D eigenvalue weighted by atomic mass is 79.9. The minimum absolute atomic E-state index is 1.20. The number of rotatable bonds is 21. The van der Waals surface area contributed by atoms with Crippen molar-refractivity contribution in [1.82, 2.24) is 0 Å². The van der Waals surface area contributed by atoms with Crippen LogP contribution >= 0.6 is 49.9 Å². The molecule has 0 aromatic carbocycles. The average Bonchev–Trinajstić information content (AvgIpc) is 3.64. The molecule has 3 aromatic rings. The van der Waals surface area contributed by atoms with Crippen molar-refractivity contribution in [2.75, 3.05) is 0 Å². The van der Waals surface area contributed by atoms with Crippen molar-refractivity contribution in [3.8, 4) is 19.5 Å². The van der Waals surface area contributed by atoms with Gasteiger partial charge in [0, 0.05) is 24.4 Å². The Morgan fingerprint density at radius 1 is 0.444 bits per heavy atom. The minimum atomic E-state index is 1.20. The maximum absolute atomic E-state index is 3.58. The van der Waals surface area contributed by atoms with E-state index in [4.69, 9.17) is 0 Å². The summed E-state index contributed by atoms with van der Waals surface area (Å²) in [5.41, 5.74) is 0. The Hall–Kier alpha value is -0.420. The molecule has 0 N–H and O–H groups in total. The first-order chi connectivity index (χ1) is 17.8. The van der Waals surface area contributed by atoms with Crippen LogP contribution in [-0.2, 0) is 6.42 Å². The third kappa shape index (κ3) is 12.0. The van der Waals surface area contributed by atoms with E-state index >= 15 is 0 Å². The molecule has 0 saturated heterocycles. The second kappa shape index (κ2) is 18.8. The second-order valence-electron chi connectivity index (χ2n) is 10.3. The van der Waals surface area contributed by atoms with Crippen LogP contribution in [0.15, 0.2) is 40.2 Å². The van der Waals surface area contributed by atoms with Gasteiger partial charge in [-0.2, -0.15) is 0 Å². The molecule has 36 heavy (non-hydrogen) atoms. The molecule has 0 aliphatic heterocycles. The topological polar surface area (TPSA) is 0 Å². The largest absolute Gasteiger partial charge is 0.139 e. The summed E-state index contributed by atoms with van der Waals surface area (Å²) in [4.78, 5) is 7.12. The Morgan fingerprint density at radius 3 is 1.31 bits per heavy atom. The third-order valence-electron chi connectivity index (χ3n) is 7.10. The second-order valence-corrected chi connectivity index (χ2v) is 15.0. The van der Waals surface area contributed by atoms with Gasteiger partial charge >= 0.3 is 0 Å². The van der Waals surface area contributed by atoms with E-state index in [1.807, 2.05) is 34.0 Å². The summed E-state index contributed by atoms with van der Waals surface area (Å²) in [6.07, 6.45) is 27.2. The predicted molar refractivity (Wildman–Crippen MR) is 171 cm³/mol. The van der Waals surface area contributed by atoms with Crippen molar-refractivity contribution >= 4 is 49.9 Å². The molecule has 0 aliphatic carbocycles. The van der Waals surface area contributed by atoms with Gasteiger partial charge in [-0.05, 0) is 65.2 Å². The monoisotopic (exact) mass is 606 g/mol. The maximum atomic E-state index is 3.58. The number of thiophene rings is 3. The quantitative estimate of drug-likeness (QED) is 0.106. The first kappa shape index (κ1) is 30.1. The highest BCUT2D eigenvalue weighted by molar-refractivity contribution is 9.11. The van der Waals surface area contributed by atoms with Crippen molar-refractivity contribution in [3.05, 3.63) is 45.1 Å². The van der Waals surface area contributed by atoms with E-state index in [0.717, 1.165) is 0 Å². The molecular formula is C32H47BrS3. The van der Waals surface area contributed by atoms with Gasteiger partial charge in [0.1, 0.15) is 0 Å². The molecule has 0 unspecified atom stereocenters. The molecule has 0 bridgehead atoms. The average molecular weight is 608 g/mol. The summed E-state index contributed by atoms with van der Waals surface area (Å²) < 4.78 is 1.20. The third-order valence-corrected chi connectivity index (χ3v) is 11.3. The van der Waals surface area contributed by atoms with E-state index < -0.39 is 0 Å². The van der Waals surface area contributed by atoms with E-state index in [1.165, 1.54) is 145 Å².